The lowest BCUT2D eigenvalue weighted by Gasteiger charge is -2.30. The number of rotatable bonds is 6. The Morgan fingerprint density at radius 1 is 1.50 bits per heavy atom. The molecule has 0 aliphatic carbocycles. The summed E-state index contributed by atoms with van der Waals surface area (Å²) in [6.07, 6.45) is 2.53. The maximum absolute atomic E-state index is 10.6. The van der Waals surface area contributed by atoms with Crippen LogP contribution < -0.4 is 10.6 Å². The van der Waals surface area contributed by atoms with Crippen LogP contribution in [0.5, 0.6) is 0 Å². The first-order valence-electron chi connectivity index (χ1n) is 8.47. The number of nitrogens with zero attached hydrogens (tertiary/aromatic N) is 2. The largest absolute Gasteiger partial charge is 0.383 e. The van der Waals surface area contributed by atoms with Crippen molar-refractivity contribution in [3.63, 3.8) is 0 Å². The fraction of sp³-hybridized carbons (Fsp3) is 0.706. The number of halogens is 1. The molecule has 5 nitrogen and oxygen atoms in total. The molecule has 0 spiro atoms. The number of piperidine rings is 1. The molecule has 1 aromatic rings. The zero-order chi connectivity index (χ0) is 16.7. The monoisotopic (exact) mass is 466 g/mol. The lowest BCUT2D eigenvalue weighted by molar-refractivity contribution is 0.0677. The van der Waals surface area contributed by atoms with Gasteiger partial charge in [0.2, 0.25) is 0 Å². The van der Waals surface area contributed by atoms with E-state index in [1.54, 1.807) is 11.3 Å². The second-order valence-electron chi connectivity index (χ2n) is 6.63. The molecular formula is C17H31IN4OS. The van der Waals surface area contributed by atoms with Gasteiger partial charge in [-0.3, -0.25) is 0 Å². The Morgan fingerprint density at radius 3 is 2.92 bits per heavy atom. The quantitative estimate of drug-likeness (QED) is 0.343. The number of guanidine groups is 1. The van der Waals surface area contributed by atoms with Crippen molar-refractivity contribution < 1.29 is 5.11 Å². The van der Waals surface area contributed by atoms with Crippen LogP contribution in [0.4, 0.5) is 0 Å². The van der Waals surface area contributed by atoms with Crippen molar-refractivity contribution in [1.29, 1.82) is 0 Å². The van der Waals surface area contributed by atoms with Crippen LogP contribution in [-0.4, -0.2) is 55.7 Å². The van der Waals surface area contributed by atoms with Gasteiger partial charge in [-0.1, -0.05) is 0 Å². The van der Waals surface area contributed by atoms with Gasteiger partial charge in [0, 0.05) is 19.6 Å². The smallest absolute Gasteiger partial charge is 0.191 e. The van der Waals surface area contributed by atoms with Crippen LogP contribution in [0.1, 0.15) is 32.3 Å². The molecule has 0 bridgehead atoms. The summed E-state index contributed by atoms with van der Waals surface area (Å²) in [7, 11) is 2.18. The first kappa shape index (κ1) is 21.7. The highest BCUT2D eigenvalue weighted by molar-refractivity contribution is 14.0. The van der Waals surface area contributed by atoms with Crippen LogP contribution in [0.15, 0.2) is 21.8 Å². The molecule has 1 aliphatic heterocycles. The topological polar surface area (TPSA) is 59.9 Å². The molecule has 2 unspecified atom stereocenters. The van der Waals surface area contributed by atoms with Crippen molar-refractivity contribution in [3.05, 3.63) is 22.4 Å². The fourth-order valence-electron chi connectivity index (χ4n) is 2.92. The Bertz CT molecular complexity index is 493. The number of hydrogen-bond donors (Lipinski definition) is 3. The number of likely N-dealkylation sites (tertiary alicyclic amines) is 1. The zero-order valence-corrected chi connectivity index (χ0v) is 18.1. The van der Waals surface area contributed by atoms with E-state index in [-0.39, 0.29) is 24.0 Å². The van der Waals surface area contributed by atoms with Crippen molar-refractivity contribution in [2.45, 2.75) is 32.3 Å². The molecular weight excluding hydrogens is 435 g/mol. The summed E-state index contributed by atoms with van der Waals surface area (Å²) in [6.45, 7) is 8.31. The Morgan fingerprint density at radius 2 is 2.29 bits per heavy atom. The van der Waals surface area contributed by atoms with Gasteiger partial charge in [0.05, 0.1) is 6.54 Å². The Balaban J connectivity index is 0.00000288. The molecule has 3 N–H and O–H groups in total. The lowest BCUT2D eigenvalue weighted by atomic mass is 9.98. The predicted octanol–water partition coefficient (Wildman–Crippen LogP) is 2.47. The highest BCUT2D eigenvalue weighted by atomic mass is 127. The normalized spacial score (nSPS) is 21.7. The van der Waals surface area contributed by atoms with E-state index in [0.29, 0.717) is 12.5 Å². The number of thiophene rings is 1. The molecule has 2 atom stereocenters. The zero-order valence-electron chi connectivity index (χ0n) is 14.9. The molecule has 1 aliphatic rings. The highest BCUT2D eigenvalue weighted by Gasteiger charge is 2.23. The van der Waals surface area contributed by atoms with Gasteiger partial charge in [-0.05, 0) is 68.6 Å². The molecule has 1 saturated heterocycles. The second-order valence-corrected chi connectivity index (χ2v) is 7.41. The van der Waals surface area contributed by atoms with E-state index in [4.69, 9.17) is 0 Å². The summed E-state index contributed by atoms with van der Waals surface area (Å²) < 4.78 is 0. The van der Waals surface area contributed by atoms with Crippen LogP contribution in [0.25, 0.3) is 0 Å². The van der Waals surface area contributed by atoms with Gasteiger partial charge in [0.1, 0.15) is 5.60 Å². The van der Waals surface area contributed by atoms with Crippen molar-refractivity contribution in [2.75, 3.05) is 39.8 Å². The van der Waals surface area contributed by atoms with Gasteiger partial charge >= 0.3 is 0 Å². The SMILES string of the molecule is CCNC(=NCC(C)(O)c1ccsc1)NCC1CCCN(C)C1.I. The molecule has 0 amide bonds. The molecule has 2 rings (SSSR count). The van der Waals surface area contributed by atoms with Gasteiger partial charge in [-0.25, -0.2) is 4.99 Å². The number of aliphatic hydroxyl groups is 1. The lowest BCUT2D eigenvalue weighted by Crippen LogP contribution is -2.44. The van der Waals surface area contributed by atoms with Crippen LogP contribution in [0.2, 0.25) is 0 Å². The van der Waals surface area contributed by atoms with E-state index < -0.39 is 5.60 Å². The summed E-state index contributed by atoms with van der Waals surface area (Å²) in [6, 6.07) is 1.96. The number of nitrogens with one attached hydrogen (secondary N) is 2. The predicted molar refractivity (Wildman–Crippen MR) is 114 cm³/mol. The summed E-state index contributed by atoms with van der Waals surface area (Å²) >= 11 is 1.60. The molecule has 2 heterocycles. The van der Waals surface area contributed by atoms with Crippen molar-refractivity contribution >= 4 is 41.3 Å². The van der Waals surface area contributed by atoms with Gasteiger partial charge in [-0.2, -0.15) is 11.3 Å². The third-order valence-electron chi connectivity index (χ3n) is 4.31. The number of hydrogen-bond acceptors (Lipinski definition) is 4. The summed E-state index contributed by atoms with van der Waals surface area (Å²) in [5, 5.41) is 21.2. The summed E-state index contributed by atoms with van der Waals surface area (Å²) in [5.41, 5.74) is 0.00365. The maximum atomic E-state index is 10.6. The minimum absolute atomic E-state index is 0. The molecule has 0 radical (unpaired) electrons. The second kappa shape index (κ2) is 10.6. The third-order valence-corrected chi connectivity index (χ3v) is 5.00. The Labute approximate surface area is 167 Å². The van der Waals surface area contributed by atoms with Crippen LogP contribution in [0.3, 0.4) is 0 Å². The van der Waals surface area contributed by atoms with Gasteiger partial charge in [0.15, 0.2) is 5.96 Å². The first-order valence-corrected chi connectivity index (χ1v) is 9.41. The Hall–Kier alpha value is -0.380. The van der Waals surface area contributed by atoms with E-state index in [2.05, 4.69) is 34.5 Å². The van der Waals surface area contributed by atoms with E-state index in [1.807, 2.05) is 23.8 Å². The van der Waals surface area contributed by atoms with Gasteiger partial charge in [-0.15, -0.1) is 24.0 Å². The molecule has 0 aromatic carbocycles. The van der Waals surface area contributed by atoms with Crippen LogP contribution in [0, 0.1) is 5.92 Å². The molecule has 7 heteroatoms. The maximum Gasteiger partial charge on any atom is 0.191 e. The molecule has 24 heavy (non-hydrogen) atoms. The molecule has 138 valence electrons. The summed E-state index contributed by atoms with van der Waals surface area (Å²) in [5.74, 6) is 1.45. The standard InChI is InChI=1S/C17H30N4OS.HI/c1-4-18-16(19-10-14-6-5-8-21(3)11-14)20-13-17(2,22)15-7-9-23-12-15;/h7,9,12,14,22H,4-6,8,10-11,13H2,1-3H3,(H2,18,19,20);1H. The van der Waals surface area contributed by atoms with E-state index in [9.17, 15) is 5.11 Å². The van der Waals surface area contributed by atoms with E-state index in [1.165, 1.54) is 19.4 Å². The van der Waals surface area contributed by atoms with Gasteiger partial charge < -0.3 is 20.6 Å². The molecule has 0 saturated carbocycles. The highest BCUT2D eigenvalue weighted by Crippen LogP contribution is 2.23. The van der Waals surface area contributed by atoms with Crippen molar-refractivity contribution in [1.82, 2.24) is 15.5 Å². The fourth-order valence-corrected chi connectivity index (χ4v) is 3.70. The van der Waals surface area contributed by atoms with E-state index >= 15 is 0 Å². The van der Waals surface area contributed by atoms with Crippen molar-refractivity contribution in [3.8, 4) is 0 Å². The first-order chi connectivity index (χ1) is 11.0. The van der Waals surface area contributed by atoms with Gasteiger partial charge in [0.25, 0.3) is 0 Å². The average molecular weight is 466 g/mol. The molecule has 1 aromatic heterocycles. The molecule has 1 fully saturated rings. The Kier molecular flexibility index (Phi) is 9.54. The van der Waals surface area contributed by atoms with Crippen LogP contribution in [-0.2, 0) is 5.60 Å². The summed E-state index contributed by atoms with van der Waals surface area (Å²) in [4.78, 5) is 6.97. The third kappa shape index (κ3) is 6.85. The minimum Gasteiger partial charge on any atom is -0.383 e. The van der Waals surface area contributed by atoms with E-state index in [0.717, 1.165) is 31.2 Å². The van der Waals surface area contributed by atoms with Crippen molar-refractivity contribution in [2.24, 2.45) is 10.9 Å². The number of aliphatic imine (C=N–C) groups is 1. The van der Waals surface area contributed by atoms with Crippen LogP contribution >= 0.6 is 35.3 Å². The average Bonchev–Trinajstić information content (AvgIpc) is 3.05. The minimum atomic E-state index is -0.923.